The van der Waals surface area contributed by atoms with Gasteiger partial charge in [0, 0.05) is 37.8 Å². The molecule has 2 aromatic heterocycles. The molecule has 4 N–H and O–H groups in total. The lowest BCUT2D eigenvalue weighted by molar-refractivity contribution is -0.133. The molecule has 0 saturated carbocycles. The van der Waals surface area contributed by atoms with Gasteiger partial charge in [0.15, 0.2) is 0 Å². The van der Waals surface area contributed by atoms with Crippen LogP contribution in [-0.2, 0) is 30.3 Å². The van der Waals surface area contributed by atoms with Gasteiger partial charge in [0.05, 0.1) is 50.6 Å². The smallest absolute Gasteiger partial charge is 0.410 e. The number of hydrogen-bond acceptors (Lipinski definition) is 10. The Hall–Kier alpha value is -7.35. The number of aromatic nitrogens is 4. The van der Waals surface area contributed by atoms with Crippen molar-refractivity contribution in [2.75, 3.05) is 40.9 Å². The molecule has 0 radical (unpaired) electrons. The number of hydrogen-bond donors (Lipinski definition) is 4. The van der Waals surface area contributed by atoms with Crippen LogP contribution < -0.4 is 10.6 Å². The summed E-state index contributed by atoms with van der Waals surface area (Å²) in [6.45, 7) is 13.5. The SMILES string of the molecule is C=C[C@H](NC(=O)OC)C(=O)N(CCN(C)C(=O)OC(C)(C)C)Cc1ncc(-c2ccc(C#Cc3ccc(-c4cnc([C@@H]5CCCN5C(=O)[C@H](C=C)NC(=O)OC)[nH]4)cc3)cc2)[nH]1. The highest BCUT2D eigenvalue weighted by atomic mass is 16.6. The molecular formula is C45H53N9O8. The Morgan fingerprint density at radius 1 is 0.855 bits per heavy atom. The number of amides is 5. The first-order chi connectivity index (χ1) is 29.6. The molecule has 1 fully saturated rings. The number of rotatable bonds is 14. The molecule has 4 aromatic rings. The minimum Gasteiger partial charge on any atom is -0.453 e. The summed E-state index contributed by atoms with van der Waals surface area (Å²) in [6, 6.07) is 13.1. The van der Waals surface area contributed by atoms with Crippen LogP contribution in [0, 0.1) is 11.8 Å². The Morgan fingerprint density at radius 2 is 1.40 bits per heavy atom. The number of aromatic amines is 2. The lowest BCUT2D eigenvalue weighted by atomic mass is 10.1. The van der Waals surface area contributed by atoms with E-state index in [1.807, 2.05) is 48.5 Å². The zero-order valence-corrected chi connectivity index (χ0v) is 35.8. The van der Waals surface area contributed by atoms with Gasteiger partial charge in [0.1, 0.15) is 29.3 Å². The van der Waals surface area contributed by atoms with Crippen molar-refractivity contribution < 1.29 is 38.2 Å². The molecule has 1 aliphatic rings. The number of ether oxygens (including phenoxy) is 3. The van der Waals surface area contributed by atoms with Crippen LogP contribution in [0.5, 0.6) is 0 Å². The fourth-order valence-electron chi connectivity index (χ4n) is 6.51. The predicted molar refractivity (Wildman–Crippen MR) is 231 cm³/mol. The summed E-state index contributed by atoms with van der Waals surface area (Å²) >= 11 is 0. The monoisotopic (exact) mass is 847 g/mol. The van der Waals surface area contributed by atoms with Crippen molar-refractivity contribution in [1.82, 2.24) is 45.3 Å². The van der Waals surface area contributed by atoms with Crippen molar-refractivity contribution in [2.24, 2.45) is 0 Å². The molecule has 0 bridgehead atoms. The summed E-state index contributed by atoms with van der Waals surface area (Å²) in [5.74, 6) is 6.81. The maximum Gasteiger partial charge on any atom is 0.410 e. The quantitative estimate of drug-likeness (QED) is 0.0708. The van der Waals surface area contributed by atoms with Crippen LogP contribution in [0.4, 0.5) is 14.4 Å². The fourth-order valence-corrected chi connectivity index (χ4v) is 6.51. The van der Waals surface area contributed by atoms with Crippen molar-refractivity contribution in [1.29, 1.82) is 0 Å². The second kappa shape index (κ2) is 20.8. The van der Waals surface area contributed by atoms with E-state index < -0.39 is 41.9 Å². The zero-order valence-electron chi connectivity index (χ0n) is 35.8. The van der Waals surface area contributed by atoms with E-state index in [-0.39, 0.29) is 31.6 Å². The molecule has 0 aliphatic carbocycles. The Balaban J connectivity index is 1.22. The number of carbonyl (C=O) groups excluding carboxylic acids is 5. The zero-order chi connectivity index (χ0) is 45.0. The highest BCUT2D eigenvalue weighted by Crippen LogP contribution is 2.32. The molecule has 3 heterocycles. The van der Waals surface area contributed by atoms with E-state index in [1.54, 1.807) is 45.1 Å². The number of carbonyl (C=O) groups is 5. The van der Waals surface area contributed by atoms with E-state index in [0.29, 0.717) is 23.9 Å². The first-order valence-corrected chi connectivity index (χ1v) is 19.9. The van der Waals surface area contributed by atoms with E-state index >= 15 is 0 Å². The number of alkyl carbamates (subject to hydrolysis) is 2. The number of nitrogens with one attached hydrogen (secondary N) is 4. The van der Waals surface area contributed by atoms with Gasteiger partial charge in [-0.1, -0.05) is 48.3 Å². The third kappa shape index (κ3) is 12.1. The van der Waals surface area contributed by atoms with Crippen LogP contribution in [0.1, 0.15) is 62.4 Å². The average Bonchev–Trinajstić information content (AvgIpc) is 4.06. The fraction of sp³-hybridized carbons (Fsp3) is 0.356. The van der Waals surface area contributed by atoms with Gasteiger partial charge in [-0.3, -0.25) is 9.59 Å². The topological polar surface area (TPSA) is 204 Å². The Labute approximate surface area is 360 Å². The molecule has 1 saturated heterocycles. The molecule has 0 spiro atoms. The lowest BCUT2D eigenvalue weighted by Gasteiger charge is -2.29. The van der Waals surface area contributed by atoms with Crippen molar-refractivity contribution in [2.45, 2.75) is 63.9 Å². The number of likely N-dealkylation sites (N-methyl/N-ethyl adjacent to an activating group) is 1. The third-order valence-corrected chi connectivity index (χ3v) is 9.80. The van der Waals surface area contributed by atoms with Crippen LogP contribution in [0.15, 0.2) is 86.2 Å². The van der Waals surface area contributed by atoms with Gasteiger partial charge >= 0.3 is 18.3 Å². The molecular weight excluding hydrogens is 795 g/mol. The normalized spacial score (nSPS) is 14.3. The summed E-state index contributed by atoms with van der Waals surface area (Å²) in [6.07, 6.45) is 5.59. The molecule has 5 rings (SSSR count). The Bertz CT molecular complexity index is 2300. The maximum atomic E-state index is 13.6. The Kier molecular flexibility index (Phi) is 15.3. The van der Waals surface area contributed by atoms with Crippen LogP contribution in [0.2, 0.25) is 0 Å². The largest absolute Gasteiger partial charge is 0.453 e. The van der Waals surface area contributed by atoms with Gasteiger partial charge in [0.2, 0.25) is 11.8 Å². The van der Waals surface area contributed by atoms with E-state index in [1.165, 1.54) is 36.2 Å². The summed E-state index contributed by atoms with van der Waals surface area (Å²) in [5.41, 5.74) is 4.19. The standard InChI is InChI=1S/C45H53N9O8/c1-9-33(50-42(57)60-7)40(55)53(25-24-52(6)44(59)62-45(3,4)5)28-38-46-26-35(48-38)31-19-15-29(16-20-31)13-14-30-17-21-32(22-18-30)36-27-47-39(49-36)37-12-11-23-54(37)41(56)34(10-2)51-43(58)61-8/h9-10,15-22,26-27,33-34,37H,1-2,11-12,23-25,28H2,3-8H3,(H,46,48)(H,47,49)(H,50,57)(H,51,58)/t33-,34-,37-/m0/s1. The Morgan fingerprint density at radius 3 is 1.95 bits per heavy atom. The van der Waals surface area contributed by atoms with Gasteiger partial charge in [-0.25, -0.2) is 24.4 Å². The molecule has 3 atom stereocenters. The number of imidazole rings is 2. The van der Waals surface area contributed by atoms with Crippen LogP contribution in [-0.4, -0.2) is 123 Å². The average molecular weight is 848 g/mol. The molecule has 17 nitrogen and oxygen atoms in total. The number of methoxy groups -OCH3 is 2. The van der Waals surface area contributed by atoms with E-state index in [4.69, 9.17) is 4.74 Å². The van der Waals surface area contributed by atoms with Crippen LogP contribution >= 0.6 is 0 Å². The lowest BCUT2D eigenvalue weighted by Crippen LogP contribution is -2.49. The summed E-state index contributed by atoms with van der Waals surface area (Å²) in [5, 5.41) is 4.98. The van der Waals surface area contributed by atoms with Gasteiger partial charge < -0.3 is 49.5 Å². The molecule has 326 valence electrons. The number of nitrogens with zero attached hydrogens (tertiary/aromatic N) is 5. The first kappa shape index (κ1) is 45.7. The highest BCUT2D eigenvalue weighted by Gasteiger charge is 2.35. The van der Waals surface area contributed by atoms with Crippen molar-refractivity contribution in [3.8, 4) is 34.4 Å². The van der Waals surface area contributed by atoms with Gasteiger partial charge in [-0.05, 0) is 69.0 Å². The minimum atomic E-state index is -1.08. The predicted octanol–water partition coefficient (Wildman–Crippen LogP) is 5.55. The van der Waals surface area contributed by atoms with E-state index in [2.05, 4.69) is 65.0 Å². The van der Waals surface area contributed by atoms with Crippen molar-refractivity contribution in [3.63, 3.8) is 0 Å². The van der Waals surface area contributed by atoms with Gasteiger partial charge in [-0.2, -0.15) is 0 Å². The molecule has 1 aliphatic heterocycles. The van der Waals surface area contributed by atoms with Gasteiger partial charge in [-0.15, -0.1) is 13.2 Å². The summed E-state index contributed by atoms with van der Waals surface area (Å²) < 4.78 is 14.8. The second-order valence-corrected chi connectivity index (χ2v) is 15.4. The highest BCUT2D eigenvalue weighted by molar-refractivity contribution is 5.88. The second-order valence-electron chi connectivity index (χ2n) is 15.4. The van der Waals surface area contributed by atoms with Crippen molar-refractivity contribution in [3.05, 3.63) is 109 Å². The third-order valence-electron chi connectivity index (χ3n) is 9.80. The minimum absolute atomic E-state index is 0.0480. The van der Waals surface area contributed by atoms with Gasteiger partial charge in [0.25, 0.3) is 0 Å². The van der Waals surface area contributed by atoms with Crippen LogP contribution in [0.25, 0.3) is 22.5 Å². The summed E-state index contributed by atoms with van der Waals surface area (Å²) in [4.78, 5) is 83.4. The first-order valence-electron chi connectivity index (χ1n) is 19.9. The van der Waals surface area contributed by atoms with Crippen LogP contribution in [0.3, 0.4) is 0 Å². The van der Waals surface area contributed by atoms with E-state index in [0.717, 1.165) is 40.8 Å². The summed E-state index contributed by atoms with van der Waals surface area (Å²) in [7, 11) is 4.01. The number of benzene rings is 2. The van der Waals surface area contributed by atoms with Crippen molar-refractivity contribution >= 4 is 30.1 Å². The molecule has 0 unspecified atom stereocenters. The molecule has 5 amide bonds. The number of H-pyrrole nitrogens is 2. The maximum absolute atomic E-state index is 13.6. The van der Waals surface area contributed by atoms with E-state index in [9.17, 15) is 24.0 Å². The molecule has 17 heteroatoms. The molecule has 62 heavy (non-hydrogen) atoms. The number of likely N-dealkylation sites (tertiary alicyclic amines) is 1. The molecule has 2 aromatic carbocycles.